The molecule has 0 unspecified atom stereocenters. The second-order valence-electron chi connectivity index (χ2n) is 3.94. The van der Waals surface area contributed by atoms with Crippen LogP contribution in [0.25, 0.3) is 0 Å². The largest absolute Gasteiger partial charge is 0.479 e. The van der Waals surface area contributed by atoms with Crippen LogP contribution in [0.3, 0.4) is 0 Å². The molecule has 5 nitrogen and oxygen atoms in total. The van der Waals surface area contributed by atoms with E-state index < -0.39 is 35.3 Å². The standard InChI is InChI=1S/C12H12F3NO4/c13-12(14,15)8-4-2-1-3-7(8)10(18)16-6-5-9(17)11(19)20/h1-4,9,17H,5-6H2,(H,16,18)(H,19,20)/t9-/m0/s1. The van der Waals surface area contributed by atoms with Gasteiger partial charge < -0.3 is 15.5 Å². The Kier molecular flexibility index (Phi) is 5.09. The quantitative estimate of drug-likeness (QED) is 0.762. The number of rotatable bonds is 5. The highest BCUT2D eigenvalue weighted by Crippen LogP contribution is 2.31. The molecule has 0 aromatic heterocycles. The van der Waals surface area contributed by atoms with E-state index >= 15 is 0 Å². The molecular weight excluding hydrogens is 279 g/mol. The lowest BCUT2D eigenvalue weighted by Crippen LogP contribution is -2.31. The van der Waals surface area contributed by atoms with Gasteiger partial charge in [-0.25, -0.2) is 4.79 Å². The lowest BCUT2D eigenvalue weighted by atomic mass is 10.1. The first-order chi connectivity index (χ1) is 9.23. The third-order valence-electron chi connectivity index (χ3n) is 2.47. The highest BCUT2D eigenvalue weighted by atomic mass is 19.4. The number of benzene rings is 1. The fraction of sp³-hybridized carbons (Fsp3) is 0.333. The number of carboxylic acids is 1. The summed E-state index contributed by atoms with van der Waals surface area (Å²) in [4.78, 5) is 21.9. The maximum Gasteiger partial charge on any atom is 0.417 e. The summed E-state index contributed by atoms with van der Waals surface area (Å²) in [5.74, 6) is -2.44. The summed E-state index contributed by atoms with van der Waals surface area (Å²) in [7, 11) is 0. The number of hydrogen-bond donors (Lipinski definition) is 3. The maximum atomic E-state index is 12.7. The third-order valence-corrected chi connectivity index (χ3v) is 2.47. The van der Waals surface area contributed by atoms with E-state index in [2.05, 4.69) is 5.32 Å². The first kappa shape index (κ1) is 16.0. The maximum absolute atomic E-state index is 12.7. The Bertz CT molecular complexity index is 502. The summed E-state index contributed by atoms with van der Waals surface area (Å²) >= 11 is 0. The molecule has 3 N–H and O–H groups in total. The molecule has 1 rings (SSSR count). The third kappa shape index (κ3) is 4.23. The molecule has 1 atom stereocenters. The van der Waals surface area contributed by atoms with Gasteiger partial charge in [-0.05, 0) is 12.1 Å². The van der Waals surface area contributed by atoms with Gasteiger partial charge in [-0.15, -0.1) is 0 Å². The molecule has 0 bridgehead atoms. The van der Waals surface area contributed by atoms with Crippen molar-refractivity contribution >= 4 is 11.9 Å². The number of aliphatic hydroxyl groups excluding tert-OH is 1. The van der Waals surface area contributed by atoms with Gasteiger partial charge in [0.1, 0.15) is 0 Å². The number of nitrogens with one attached hydrogen (secondary N) is 1. The summed E-state index contributed by atoms with van der Waals surface area (Å²) in [6.07, 6.45) is -6.63. The molecule has 0 aliphatic rings. The van der Waals surface area contributed by atoms with Gasteiger partial charge in [-0.3, -0.25) is 4.79 Å². The van der Waals surface area contributed by atoms with Crippen molar-refractivity contribution < 1.29 is 33.0 Å². The van der Waals surface area contributed by atoms with E-state index in [9.17, 15) is 22.8 Å². The summed E-state index contributed by atoms with van der Waals surface area (Å²) in [6.45, 7) is -0.251. The lowest BCUT2D eigenvalue weighted by Gasteiger charge is -2.13. The van der Waals surface area contributed by atoms with Crippen LogP contribution >= 0.6 is 0 Å². The summed E-state index contributed by atoms with van der Waals surface area (Å²) < 4.78 is 38.0. The molecule has 0 aliphatic heterocycles. The summed E-state index contributed by atoms with van der Waals surface area (Å²) in [6, 6.07) is 4.25. The van der Waals surface area contributed by atoms with Crippen LogP contribution in [-0.2, 0) is 11.0 Å². The van der Waals surface area contributed by atoms with E-state index in [1.165, 1.54) is 6.07 Å². The van der Waals surface area contributed by atoms with Crippen molar-refractivity contribution in [2.75, 3.05) is 6.54 Å². The van der Waals surface area contributed by atoms with Gasteiger partial charge in [0.15, 0.2) is 6.10 Å². The highest BCUT2D eigenvalue weighted by molar-refractivity contribution is 5.95. The second kappa shape index (κ2) is 6.38. The Hall–Kier alpha value is -2.09. The fourth-order valence-electron chi connectivity index (χ4n) is 1.47. The first-order valence-corrected chi connectivity index (χ1v) is 5.58. The molecule has 0 radical (unpaired) electrons. The molecule has 20 heavy (non-hydrogen) atoms. The number of carbonyl (C=O) groups is 2. The Morgan fingerprint density at radius 3 is 2.40 bits per heavy atom. The van der Waals surface area contributed by atoms with Crippen LogP contribution in [0, 0.1) is 0 Å². The van der Waals surface area contributed by atoms with Crippen LogP contribution in [0.5, 0.6) is 0 Å². The van der Waals surface area contributed by atoms with Crippen LogP contribution in [0.2, 0.25) is 0 Å². The van der Waals surface area contributed by atoms with Crippen LogP contribution in [0.1, 0.15) is 22.3 Å². The van der Waals surface area contributed by atoms with Gasteiger partial charge in [-0.1, -0.05) is 12.1 Å². The van der Waals surface area contributed by atoms with Crippen LogP contribution < -0.4 is 5.32 Å². The van der Waals surface area contributed by atoms with E-state index in [1.54, 1.807) is 0 Å². The molecule has 8 heteroatoms. The van der Waals surface area contributed by atoms with E-state index in [4.69, 9.17) is 10.2 Å². The average molecular weight is 291 g/mol. The molecule has 0 saturated carbocycles. The van der Waals surface area contributed by atoms with Crippen molar-refractivity contribution in [3.63, 3.8) is 0 Å². The van der Waals surface area contributed by atoms with E-state index in [0.29, 0.717) is 0 Å². The molecule has 0 fully saturated rings. The summed E-state index contributed by atoms with van der Waals surface area (Å²) in [5, 5.41) is 19.5. The van der Waals surface area contributed by atoms with Crippen LogP contribution in [-0.4, -0.2) is 34.7 Å². The van der Waals surface area contributed by atoms with Gasteiger partial charge in [0.2, 0.25) is 0 Å². The Balaban J connectivity index is 2.72. The van der Waals surface area contributed by atoms with Crippen LogP contribution in [0.4, 0.5) is 13.2 Å². The number of aliphatic hydroxyl groups is 1. The monoisotopic (exact) mass is 291 g/mol. The zero-order valence-corrected chi connectivity index (χ0v) is 10.1. The molecule has 0 heterocycles. The number of amides is 1. The van der Waals surface area contributed by atoms with Gasteiger partial charge in [0.05, 0.1) is 11.1 Å². The normalized spacial score (nSPS) is 12.8. The van der Waals surface area contributed by atoms with E-state index in [1.807, 2.05) is 0 Å². The minimum atomic E-state index is -4.66. The number of carboxylic acid groups (broad SMARTS) is 1. The topological polar surface area (TPSA) is 86.6 Å². The van der Waals surface area contributed by atoms with E-state index in [-0.39, 0.29) is 13.0 Å². The van der Waals surface area contributed by atoms with Crippen molar-refractivity contribution in [3.8, 4) is 0 Å². The number of halogens is 3. The van der Waals surface area contributed by atoms with Gasteiger partial charge in [0.25, 0.3) is 5.91 Å². The van der Waals surface area contributed by atoms with E-state index in [0.717, 1.165) is 18.2 Å². The lowest BCUT2D eigenvalue weighted by molar-refractivity contribution is -0.146. The van der Waals surface area contributed by atoms with Crippen molar-refractivity contribution in [1.82, 2.24) is 5.32 Å². The molecular formula is C12H12F3NO4. The number of carbonyl (C=O) groups excluding carboxylic acids is 1. The minimum absolute atomic E-state index is 0.251. The Morgan fingerprint density at radius 1 is 1.25 bits per heavy atom. The zero-order valence-electron chi connectivity index (χ0n) is 10.1. The minimum Gasteiger partial charge on any atom is -0.479 e. The predicted octanol–water partition coefficient (Wildman–Crippen LogP) is 1.27. The van der Waals surface area contributed by atoms with Gasteiger partial charge in [-0.2, -0.15) is 13.2 Å². The second-order valence-corrected chi connectivity index (χ2v) is 3.94. The first-order valence-electron chi connectivity index (χ1n) is 5.58. The van der Waals surface area contributed by atoms with Crippen molar-refractivity contribution in [2.45, 2.75) is 18.7 Å². The van der Waals surface area contributed by atoms with Crippen molar-refractivity contribution in [2.24, 2.45) is 0 Å². The summed E-state index contributed by atoms with van der Waals surface area (Å²) in [5.41, 5.74) is -1.62. The van der Waals surface area contributed by atoms with Crippen LogP contribution in [0.15, 0.2) is 24.3 Å². The fourth-order valence-corrected chi connectivity index (χ4v) is 1.47. The molecule has 0 saturated heterocycles. The van der Waals surface area contributed by atoms with Crippen molar-refractivity contribution in [1.29, 1.82) is 0 Å². The highest BCUT2D eigenvalue weighted by Gasteiger charge is 2.34. The molecule has 1 amide bonds. The molecule has 0 spiro atoms. The Labute approximate surface area is 112 Å². The molecule has 1 aromatic carbocycles. The van der Waals surface area contributed by atoms with Crippen molar-refractivity contribution in [3.05, 3.63) is 35.4 Å². The van der Waals surface area contributed by atoms with Gasteiger partial charge in [0, 0.05) is 13.0 Å². The average Bonchev–Trinajstić information content (AvgIpc) is 2.37. The number of aliphatic carboxylic acids is 1. The van der Waals surface area contributed by atoms with Gasteiger partial charge >= 0.3 is 12.1 Å². The zero-order chi connectivity index (χ0) is 15.3. The predicted molar refractivity (Wildman–Crippen MR) is 62.0 cm³/mol. The molecule has 0 aliphatic carbocycles. The molecule has 1 aromatic rings. The number of hydrogen-bond acceptors (Lipinski definition) is 3. The smallest absolute Gasteiger partial charge is 0.417 e. The Morgan fingerprint density at radius 2 is 1.85 bits per heavy atom. The molecule has 110 valence electrons. The number of alkyl halides is 3. The SMILES string of the molecule is O=C(NCC[C@H](O)C(=O)O)c1ccccc1C(F)(F)F.